The first-order valence-corrected chi connectivity index (χ1v) is 14.7. The number of alkyl halides is 1. The van der Waals surface area contributed by atoms with Gasteiger partial charge >= 0.3 is 0 Å². The Bertz CT molecular complexity index is 1160. The number of anilines is 3. The average molecular weight is 595 g/mol. The minimum Gasteiger partial charge on any atom is -0.328 e. The molecule has 1 aliphatic rings. The molecule has 1 heterocycles. The number of rotatable bonds is 5. The van der Waals surface area contributed by atoms with Crippen LogP contribution in [0.2, 0.25) is 5.02 Å². The molecule has 9 heteroatoms. The molecule has 4 rings (SSSR count). The lowest BCUT2D eigenvalue weighted by atomic mass is 10.1. The van der Waals surface area contributed by atoms with E-state index < -0.39 is 11.7 Å². The number of hydrogen-bond donors (Lipinski definition) is 2. The van der Waals surface area contributed by atoms with E-state index >= 15 is 0 Å². The van der Waals surface area contributed by atoms with Crippen LogP contribution in [0.25, 0.3) is 0 Å². The molecular formula is C30H38Cl2FN3O2S. The number of carbonyl (C=O) groups is 2. The van der Waals surface area contributed by atoms with E-state index in [-0.39, 0.29) is 5.56 Å². The lowest BCUT2D eigenvalue weighted by Gasteiger charge is -2.16. The first-order valence-electron chi connectivity index (χ1n) is 12.8. The maximum Gasteiger partial charge on any atom is 0.258 e. The van der Waals surface area contributed by atoms with Gasteiger partial charge in [-0.2, -0.15) is 0 Å². The predicted molar refractivity (Wildman–Crippen MR) is 168 cm³/mol. The summed E-state index contributed by atoms with van der Waals surface area (Å²) in [6.07, 6.45) is 2.89. The molecule has 0 spiro atoms. The summed E-state index contributed by atoms with van der Waals surface area (Å²) >= 11 is 12.3. The van der Waals surface area contributed by atoms with Crippen LogP contribution in [-0.4, -0.2) is 30.5 Å². The van der Waals surface area contributed by atoms with Crippen LogP contribution >= 0.6 is 35.1 Å². The fourth-order valence-corrected chi connectivity index (χ4v) is 4.46. The number of nitrogens with zero attached hydrogens (tertiary/aromatic N) is 1. The Hall–Kier alpha value is -2.74. The van der Waals surface area contributed by atoms with Crippen molar-refractivity contribution in [3.8, 4) is 0 Å². The van der Waals surface area contributed by atoms with Crippen molar-refractivity contribution in [3.05, 3.63) is 88.2 Å². The quantitative estimate of drug-likeness (QED) is 0.176. The molecule has 1 saturated heterocycles. The van der Waals surface area contributed by atoms with Crippen LogP contribution in [0.1, 0.15) is 55.1 Å². The summed E-state index contributed by atoms with van der Waals surface area (Å²) in [5.41, 5.74) is 3.90. The topological polar surface area (TPSA) is 61.4 Å². The molecule has 2 N–H and O–H groups in total. The average Bonchev–Trinajstić information content (AvgIpc) is 3.43. The lowest BCUT2D eigenvalue weighted by molar-refractivity contribution is -0.105. The van der Waals surface area contributed by atoms with Crippen LogP contribution in [0.3, 0.4) is 0 Å². The molecule has 0 aliphatic carbocycles. The largest absolute Gasteiger partial charge is 0.328 e. The van der Waals surface area contributed by atoms with Crippen molar-refractivity contribution in [2.75, 3.05) is 33.1 Å². The van der Waals surface area contributed by atoms with Gasteiger partial charge in [0.15, 0.2) is 0 Å². The monoisotopic (exact) mass is 593 g/mol. The number of nitrogens with one attached hydrogen (secondary N) is 2. The van der Waals surface area contributed by atoms with Gasteiger partial charge in [-0.15, -0.1) is 11.6 Å². The second-order valence-electron chi connectivity index (χ2n) is 8.47. The van der Waals surface area contributed by atoms with Crippen molar-refractivity contribution in [1.29, 1.82) is 0 Å². The number of benzene rings is 3. The molecule has 0 saturated carbocycles. The van der Waals surface area contributed by atoms with Crippen molar-refractivity contribution in [1.82, 2.24) is 0 Å². The third-order valence-corrected chi connectivity index (χ3v) is 6.34. The van der Waals surface area contributed by atoms with E-state index in [1.807, 2.05) is 49.3 Å². The number of amides is 2. The molecule has 3 aromatic rings. The van der Waals surface area contributed by atoms with Gasteiger partial charge in [-0.25, -0.2) is 4.39 Å². The lowest BCUT2D eigenvalue weighted by Crippen LogP contribution is -2.15. The van der Waals surface area contributed by atoms with Crippen molar-refractivity contribution >= 4 is 64.5 Å². The second kappa shape index (κ2) is 19.3. The van der Waals surface area contributed by atoms with Crippen LogP contribution < -0.4 is 14.9 Å². The highest BCUT2D eigenvalue weighted by Crippen LogP contribution is 2.30. The minimum absolute atomic E-state index is 0.0154. The summed E-state index contributed by atoms with van der Waals surface area (Å²) in [6, 6.07) is 17.5. The zero-order valence-corrected chi connectivity index (χ0v) is 25.5. The third-order valence-electron chi connectivity index (χ3n) is 4.93. The van der Waals surface area contributed by atoms with E-state index in [0.717, 1.165) is 40.9 Å². The standard InChI is InChI=1S/C18H18FN3O2S.C7H7Cl.C3H8.C2H5Cl/c1-12-3-4-13(9-17(12)20-11-23)21-18(24)15-6-5-14(10-16(15)19)22-7-2-8-25-22;1-6-3-2-4-7(8)5-6;1-3-2;1-2-3/h3-6,9-11H,2,7-8H2,1H3,(H,20,23)(H,21,24);2-5H,1H3;3H2,1-2H3;2H2,1H3. The van der Waals surface area contributed by atoms with E-state index in [1.54, 1.807) is 36.2 Å². The van der Waals surface area contributed by atoms with Gasteiger partial charge in [0.25, 0.3) is 5.91 Å². The van der Waals surface area contributed by atoms with Gasteiger partial charge in [0.05, 0.1) is 5.56 Å². The normalized spacial score (nSPS) is 11.5. The van der Waals surface area contributed by atoms with Crippen LogP contribution in [-0.2, 0) is 4.79 Å². The highest BCUT2D eigenvalue weighted by molar-refractivity contribution is 8.00. The molecule has 212 valence electrons. The van der Waals surface area contributed by atoms with E-state index in [1.165, 1.54) is 24.1 Å². The molecule has 0 atom stereocenters. The van der Waals surface area contributed by atoms with E-state index in [0.29, 0.717) is 17.8 Å². The summed E-state index contributed by atoms with van der Waals surface area (Å²) in [6.45, 7) is 10.9. The van der Waals surface area contributed by atoms with Gasteiger partial charge in [-0.05, 0) is 85.8 Å². The minimum atomic E-state index is -0.555. The number of aryl methyl sites for hydroxylation is 2. The summed E-state index contributed by atoms with van der Waals surface area (Å²) < 4.78 is 16.4. The molecule has 0 unspecified atom stereocenters. The molecule has 0 radical (unpaired) electrons. The van der Waals surface area contributed by atoms with Gasteiger partial charge in [0, 0.05) is 40.3 Å². The van der Waals surface area contributed by atoms with Gasteiger partial charge in [0.2, 0.25) is 6.41 Å². The SMILES string of the molecule is CCC.CCCl.Cc1ccc(NC(=O)c2ccc(N3CCCS3)cc2F)cc1NC=O.Cc1cccc(Cl)c1. The van der Waals surface area contributed by atoms with Gasteiger partial charge in [-0.1, -0.05) is 57.0 Å². The molecular weight excluding hydrogens is 556 g/mol. The Morgan fingerprint density at radius 2 is 1.77 bits per heavy atom. The van der Waals surface area contributed by atoms with Crippen LogP contribution in [0.5, 0.6) is 0 Å². The summed E-state index contributed by atoms with van der Waals surface area (Å²) in [5, 5.41) is 6.04. The molecule has 0 aromatic heterocycles. The van der Waals surface area contributed by atoms with Crippen LogP contribution in [0, 0.1) is 19.7 Å². The molecule has 5 nitrogen and oxygen atoms in total. The van der Waals surface area contributed by atoms with E-state index in [4.69, 9.17) is 23.2 Å². The molecule has 1 aliphatic heterocycles. The predicted octanol–water partition coefficient (Wildman–Crippen LogP) is 9.12. The Balaban J connectivity index is 0.000000448. The smallest absolute Gasteiger partial charge is 0.258 e. The van der Waals surface area contributed by atoms with Gasteiger partial charge in [0.1, 0.15) is 5.82 Å². The first kappa shape index (κ1) is 34.3. The zero-order valence-electron chi connectivity index (χ0n) is 23.2. The number of hydrogen-bond acceptors (Lipinski definition) is 4. The molecule has 0 bridgehead atoms. The Morgan fingerprint density at radius 3 is 2.28 bits per heavy atom. The van der Waals surface area contributed by atoms with Gasteiger partial charge < -0.3 is 14.9 Å². The zero-order chi connectivity index (χ0) is 29.2. The number of halogens is 3. The first-order chi connectivity index (χ1) is 18.7. The molecule has 39 heavy (non-hydrogen) atoms. The van der Waals surface area contributed by atoms with Crippen molar-refractivity contribution in [2.45, 2.75) is 47.5 Å². The second-order valence-corrected chi connectivity index (χ2v) is 10.6. The van der Waals surface area contributed by atoms with E-state index in [9.17, 15) is 14.0 Å². The Kier molecular flexibility index (Phi) is 17.0. The maximum absolute atomic E-state index is 14.4. The Morgan fingerprint density at radius 1 is 1.08 bits per heavy atom. The maximum atomic E-state index is 14.4. The van der Waals surface area contributed by atoms with Crippen molar-refractivity contribution < 1.29 is 14.0 Å². The molecule has 3 aromatic carbocycles. The van der Waals surface area contributed by atoms with E-state index in [2.05, 4.69) is 24.5 Å². The van der Waals surface area contributed by atoms with Gasteiger partial charge in [-0.3, -0.25) is 9.59 Å². The fraction of sp³-hybridized carbons (Fsp3) is 0.333. The Labute approximate surface area is 246 Å². The van der Waals surface area contributed by atoms with Crippen molar-refractivity contribution in [2.24, 2.45) is 0 Å². The van der Waals surface area contributed by atoms with Crippen LogP contribution in [0.15, 0.2) is 60.7 Å². The summed E-state index contributed by atoms with van der Waals surface area (Å²) in [4.78, 5) is 23.0. The fourth-order valence-electron chi connectivity index (χ4n) is 3.22. The highest BCUT2D eigenvalue weighted by atomic mass is 35.5. The number of carbonyl (C=O) groups excluding carboxylic acids is 2. The molecule has 1 fully saturated rings. The molecule has 2 amide bonds. The third kappa shape index (κ3) is 12.8. The summed E-state index contributed by atoms with van der Waals surface area (Å²) in [7, 11) is 0. The van der Waals surface area contributed by atoms with Crippen molar-refractivity contribution in [3.63, 3.8) is 0 Å². The highest BCUT2D eigenvalue weighted by Gasteiger charge is 2.18. The van der Waals surface area contributed by atoms with Crippen LogP contribution in [0.4, 0.5) is 21.5 Å². The summed E-state index contributed by atoms with van der Waals surface area (Å²) in [5.74, 6) is 0.661.